The van der Waals surface area contributed by atoms with Gasteiger partial charge in [0.1, 0.15) is 5.41 Å². The molecule has 0 spiro atoms. The average molecular weight is 160 g/mol. The molecule has 0 aromatic carbocycles. The molecule has 0 amide bonds. The van der Waals surface area contributed by atoms with E-state index in [4.69, 9.17) is 14.6 Å². The first kappa shape index (κ1) is 8.49. The number of carbonyl (C=O) groups is 1. The Morgan fingerprint density at radius 2 is 2.55 bits per heavy atom. The van der Waals surface area contributed by atoms with Gasteiger partial charge in [-0.3, -0.25) is 4.79 Å². The van der Waals surface area contributed by atoms with Crippen molar-refractivity contribution < 1.29 is 19.4 Å². The number of hydrogen-bond acceptors (Lipinski definition) is 3. The Bertz CT molecular complexity index is 149. The van der Waals surface area contributed by atoms with Crippen LogP contribution < -0.4 is 0 Å². The normalized spacial score (nSPS) is 30.6. The zero-order chi connectivity index (χ0) is 8.32. The highest BCUT2D eigenvalue weighted by Gasteiger charge is 2.42. The number of hydrogen-bond donors (Lipinski definition) is 1. The number of rotatable bonds is 3. The molecule has 0 bridgehead atoms. The quantitative estimate of drug-likeness (QED) is 0.637. The Hall–Kier alpha value is -0.610. The summed E-state index contributed by atoms with van der Waals surface area (Å²) in [5.41, 5.74) is -0.783. The first-order valence-corrected chi connectivity index (χ1v) is 3.51. The fourth-order valence-corrected chi connectivity index (χ4v) is 1.23. The van der Waals surface area contributed by atoms with Gasteiger partial charge in [-0.25, -0.2) is 0 Å². The van der Waals surface area contributed by atoms with E-state index in [0.717, 1.165) is 0 Å². The fourth-order valence-electron chi connectivity index (χ4n) is 1.23. The topological polar surface area (TPSA) is 55.8 Å². The van der Waals surface area contributed by atoms with Crippen molar-refractivity contribution in [3.8, 4) is 0 Å². The molecule has 1 N–H and O–H groups in total. The molecule has 0 aliphatic carbocycles. The van der Waals surface area contributed by atoms with E-state index in [1.807, 2.05) is 0 Å². The molecule has 1 heterocycles. The van der Waals surface area contributed by atoms with Crippen molar-refractivity contribution in [2.45, 2.75) is 6.42 Å². The highest BCUT2D eigenvalue weighted by molar-refractivity contribution is 5.75. The summed E-state index contributed by atoms with van der Waals surface area (Å²) >= 11 is 0. The minimum Gasteiger partial charge on any atom is -0.481 e. The summed E-state index contributed by atoms with van der Waals surface area (Å²) in [5.74, 6) is -0.822. The first-order chi connectivity index (χ1) is 5.21. The van der Waals surface area contributed by atoms with Crippen molar-refractivity contribution in [3.63, 3.8) is 0 Å². The van der Waals surface area contributed by atoms with Gasteiger partial charge in [0, 0.05) is 13.7 Å². The molecule has 11 heavy (non-hydrogen) atoms. The summed E-state index contributed by atoms with van der Waals surface area (Å²) in [7, 11) is 1.50. The molecule has 0 saturated carbocycles. The van der Waals surface area contributed by atoms with Gasteiger partial charge in [-0.2, -0.15) is 0 Å². The molecular formula is C7H12O4. The Morgan fingerprint density at radius 3 is 2.91 bits per heavy atom. The van der Waals surface area contributed by atoms with Crippen LogP contribution in [0.4, 0.5) is 0 Å². The second-order valence-electron chi connectivity index (χ2n) is 2.82. The van der Waals surface area contributed by atoms with Gasteiger partial charge in [0.2, 0.25) is 0 Å². The van der Waals surface area contributed by atoms with Crippen LogP contribution in [0.3, 0.4) is 0 Å². The summed E-state index contributed by atoms with van der Waals surface area (Å²) in [6.07, 6.45) is 0.552. The lowest BCUT2D eigenvalue weighted by atomic mass is 9.89. The van der Waals surface area contributed by atoms with Crippen molar-refractivity contribution in [2.24, 2.45) is 5.41 Å². The molecule has 0 aromatic rings. The van der Waals surface area contributed by atoms with Crippen LogP contribution in [0.15, 0.2) is 0 Å². The van der Waals surface area contributed by atoms with E-state index in [-0.39, 0.29) is 13.2 Å². The molecule has 4 heteroatoms. The lowest BCUT2D eigenvalue weighted by Gasteiger charge is -2.19. The van der Waals surface area contributed by atoms with Crippen LogP contribution in [0.1, 0.15) is 6.42 Å². The number of carboxylic acid groups (broad SMARTS) is 1. The minimum atomic E-state index is -0.822. The molecule has 4 nitrogen and oxygen atoms in total. The molecular weight excluding hydrogens is 148 g/mol. The number of methoxy groups -OCH3 is 1. The molecule has 0 aromatic heterocycles. The molecule has 1 aliphatic heterocycles. The number of aliphatic carboxylic acids is 1. The third-order valence-corrected chi connectivity index (χ3v) is 1.98. The molecule has 1 rings (SSSR count). The summed E-state index contributed by atoms with van der Waals surface area (Å²) in [5, 5.41) is 8.83. The second-order valence-corrected chi connectivity index (χ2v) is 2.82. The Labute approximate surface area is 65.1 Å². The standard InChI is InChI=1S/C7H12O4/c1-10-4-7(6(8)9)2-3-11-5-7/h2-5H2,1H3,(H,8,9)/t7-/m1/s1. The fraction of sp³-hybridized carbons (Fsp3) is 0.857. The maximum atomic E-state index is 10.8. The predicted molar refractivity (Wildman–Crippen MR) is 37.4 cm³/mol. The molecule has 1 atom stereocenters. The van der Waals surface area contributed by atoms with Crippen molar-refractivity contribution in [2.75, 3.05) is 26.9 Å². The van der Waals surface area contributed by atoms with E-state index in [0.29, 0.717) is 13.0 Å². The van der Waals surface area contributed by atoms with Gasteiger partial charge < -0.3 is 14.6 Å². The third-order valence-electron chi connectivity index (χ3n) is 1.98. The second kappa shape index (κ2) is 3.19. The molecule has 0 unspecified atom stereocenters. The Morgan fingerprint density at radius 1 is 1.82 bits per heavy atom. The highest BCUT2D eigenvalue weighted by Crippen LogP contribution is 2.28. The lowest BCUT2D eigenvalue weighted by Crippen LogP contribution is -2.35. The van der Waals surface area contributed by atoms with Crippen LogP contribution in [-0.4, -0.2) is 38.0 Å². The summed E-state index contributed by atoms with van der Waals surface area (Å²) in [6, 6.07) is 0. The van der Waals surface area contributed by atoms with Crippen LogP contribution in [0.5, 0.6) is 0 Å². The maximum Gasteiger partial charge on any atom is 0.314 e. The van der Waals surface area contributed by atoms with Crippen molar-refractivity contribution in [1.29, 1.82) is 0 Å². The molecule has 64 valence electrons. The first-order valence-electron chi connectivity index (χ1n) is 3.51. The van der Waals surface area contributed by atoms with E-state index in [1.165, 1.54) is 7.11 Å². The van der Waals surface area contributed by atoms with E-state index < -0.39 is 11.4 Å². The smallest absolute Gasteiger partial charge is 0.314 e. The van der Waals surface area contributed by atoms with Gasteiger partial charge >= 0.3 is 5.97 Å². The van der Waals surface area contributed by atoms with Gasteiger partial charge in [0.25, 0.3) is 0 Å². The number of carboxylic acids is 1. The van der Waals surface area contributed by atoms with Crippen LogP contribution in [0.25, 0.3) is 0 Å². The average Bonchev–Trinajstić information content (AvgIpc) is 2.38. The van der Waals surface area contributed by atoms with E-state index >= 15 is 0 Å². The largest absolute Gasteiger partial charge is 0.481 e. The van der Waals surface area contributed by atoms with E-state index in [1.54, 1.807) is 0 Å². The Balaban J connectivity index is 2.62. The third kappa shape index (κ3) is 1.52. The zero-order valence-electron chi connectivity index (χ0n) is 6.50. The van der Waals surface area contributed by atoms with E-state index in [2.05, 4.69) is 0 Å². The van der Waals surface area contributed by atoms with Crippen LogP contribution in [-0.2, 0) is 14.3 Å². The van der Waals surface area contributed by atoms with Gasteiger partial charge in [-0.05, 0) is 6.42 Å². The number of ether oxygens (including phenoxy) is 2. The Kier molecular flexibility index (Phi) is 2.46. The molecule has 1 saturated heterocycles. The minimum absolute atomic E-state index is 0.238. The van der Waals surface area contributed by atoms with Crippen LogP contribution in [0.2, 0.25) is 0 Å². The molecule has 1 aliphatic rings. The SMILES string of the molecule is COC[C@]1(C(=O)O)CCOC1. The van der Waals surface area contributed by atoms with Gasteiger partial charge in [0.05, 0.1) is 13.2 Å². The van der Waals surface area contributed by atoms with Gasteiger partial charge in [0.15, 0.2) is 0 Å². The molecule has 1 fully saturated rings. The summed E-state index contributed by atoms with van der Waals surface area (Å²) < 4.78 is 9.84. The molecule has 0 radical (unpaired) electrons. The zero-order valence-corrected chi connectivity index (χ0v) is 6.50. The maximum absolute atomic E-state index is 10.8. The lowest BCUT2D eigenvalue weighted by molar-refractivity contribution is -0.152. The van der Waals surface area contributed by atoms with Crippen molar-refractivity contribution in [1.82, 2.24) is 0 Å². The summed E-state index contributed by atoms with van der Waals surface area (Å²) in [4.78, 5) is 10.8. The highest BCUT2D eigenvalue weighted by atomic mass is 16.5. The van der Waals surface area contributed by atoms with Gasteiger partial charge in [-0.1, -0.05) is 0 Å². The van der Waals surface area contributed by atoms with Crippen molar-refractivity contribution in [3.05, 3.63) is 0 Å². The van der Waals surface area contributed by atoms with Crippen LogP contribution >= 0.6 is 0 Å². The monoisotopic (exact) mass is 160 g/mol. The van der Waals surface area contributed by atoms with Gasteiger partial charge in [-0.15, -0.1) is 0 Å². The van der Waals surface area contributed by atoms with E-state index in [9.17, 15) is 4.79 Å². The van der Waals surface area contributed by atoms with Crippen LogP contribution in [0, 0.1) is 5.41 Å². The predicted octanol–water partition coefficient (Wildman–Crippen LogP) is 0.124. The van der Waals surface area contributed by atoms with Crippen molar-refractivity contribution >= 4 is 5.97 Å². The summed E-state index contributed by atoms with van der Waals surface area (Å²) in [6.45, 7) is 1.04.